The van der Waals surface area contributed by atoms with Crippen LogP contribution in [0, 0.1) is 6.92 Å². The van der Waals surface area contributed by atoms with Gasteiger partial charge in [0.25, 0.3) is 0 Å². The molecule has 1 heterocycles. The lowest BCUT2D eigenvalue weighted by Gasteiger charge is -2.15. The Hall–Kier alpha value is -0.770. The molecular formula is C11H15Cl2N3. The lowest BCUT2D eigenvalue weighted by Crippen LogP contribution is -2.31. The largest absolute Gasteiger partial charge is 0.370 e. The Bertz CT molecular complexity index is 404. The summed E-state index contributed by atoms with van der Waals surface area (Å²) >= 11 is 6.20. The van der Waals surface area contributed by atoms with E-state index in [0.29, 0.717) is 0 Å². The van der Waals surface area contributed by atoms with E-state index in [9.17, 15) is 0 Å². The smallest absolute Gasteiger partial charge is 0.118 e. The van der Waals surface area contributed by atoms with Crippen LogP contribution in [0.5, 0.6) is 0 Å². The number of rotatable bonds is 2. The fraction of sp³-hybridized carbons (Fsp3) is 0.364. The summed E-state index contributed by atoms with van der Waals surface area (Å²) in [6, 6.07) is 5.65. The van der Waals surface area contributed by atoms with E-state index in [1.165, 1.54) is 0 Å². The average molecular weight is 260 g/mol. The van der Waals surface area contributed by atoms with Crippen LogP contribution in [0.3, 0.4) is 0 Å². The molecule has 88 valence electrons. The van der Waals surface area contributed by atoms with Gasteiger partial charge in [-0.15, -0.1) is 12.4 Å². The summed E-state index contributed by atoms with van der Waals surface area (Å²) in [5.74, 6) is 0.836. The maximum absolute atomic E-state index is 6.20. The molecule has 0 saturated heterocycles. The number of nitrogens with one attached hydrogen (secondary N) is 1. The van der Waals surface area contributed by atoms with Gasteiger partial charge in [0, 0.05) is 11.6 Å². The minimum absolute atomic E-state index is 0. The van der Waals surface area contributed by atoms with Crippen LogP contribution in [0.25, 0.3) is 0 Å². The van der Waals surface area contributed by atoms with Crippen molar-refractivity contribution in [3.63, 3.8) is 0 Å². The van der Waals surface area contributed by atoms with Crippen LogP contribution in [0.15, 0.2) is 23.2 Å². The van der Waals surface area contributed by atoms with E-state index in [4.69, 9.17) is 17.3 Å². The summed E-state index contributed by atoms with van der Waals surface area (Å²) in [7, 11) is 0. The van der Waals surface area contributed by atoms with Crippen LogP contribution in [0.1, 0.15) is 17.2 Å². The number of hydrogen-bond donors (Lipinski definition) is 2. The van der Waals surface area contributed by atoms with E-state index < -0.39 is 0 Å². The Balaban J connectivity index is 0.00000128. The van der Waals surface area contributed by atoms with Crippen LogP contribution in [-0.4, -0.2) is 18.9 Å². The number of aryl methyl sites for hydroxylation is 1. The molecule has 1 aliphatic heterocycles. The molecule has 5 heteroatoms. The number of halogens is 2. The van der Waals surface area contributed by atoms with E-state index in [1.807, 2.05) is 25.1 Å². The fourth-order valence-corrected chi connectivity index (χ4v) is 1.93. The van der Waals surface area contributed by atoms with Crippen molar-refractivity contribution in [1.82, 2.24) is 5.32 Å². The average Bonchev–Trinajstić information content (AvgIpc) is 2.74. The number of nitrogens with two attached hydrogens (primary N) is 1. The summed E-state index contributed by atoms with van der Waals surface area (Å²) in [5.41, 5.74) is 8.07. The molecule has 0 aliphatic carbocycles. The number of aliphatic imine (C=N–C) groups is 1. The highest BCUT2D eigenvalue weighted by Crippen LogP contribution is 2.25. The van der Waals surface area contributed by atoms with Gasteiger partial charge in [-0.2, -0.15) is 0 Å². The van der Waals surface area contributed by atoms with Gasteiger partial charge in [-0.3, -0.25) is 4.99 Å². The second-order valence-electron chi connectivity index (χ2n) is 3.65. The minimum Gasteiger partial charge on any atom is -0.370 e. The first-order valence-electron chi connectivity index (χ1n) is 4.99. The van der Waals surface area contributed by atoms with Crippen molar-refractivity contribution in [1.29, 1.82) is 0 Å². The second kappa shape index (κ2) is 5.53. The zero-order valence-electron chi connectivity index (χ0n) is 9.03. The zero-order valence-corrected chi connectivity index (χ0v) is 10.6. The van der Waals surface area contributed by atoms with Gasteiger partial charge in [-0.25, -0.2) is 0 Å². The molecule has 3 N–H and O–H groups in total. The molecule has 16 heavy (non-hydrogen) atoms. The molecule has 2 rings (SSSR count). The Morgan fingerprint density at radius 3 is 2.88 bits per heavy atom. The Labute approximate surface area is 106 Å². The third-order valence-corrected chi connectivity index (χ3v) is 3.07. The van der Waals surface area contributed by atoms with Gasteiger partial charge < -0.3 is 11.1 Å². The standard InChI is InChI=1S/C11H14ClN3.ClH/c1-7-3-2-4-8(9(7)12)10(13)11-14-5-6-15-11;/h2-4,10H,5-6,13H2,1H3,(H,14,15);1H. The van der Waals surface area contributed by atoms with Gasteiger partial charge in [0.05, 0.1) is 12.6 Å². The Kier molecular flexibility index (Phi) is 4.59. The van der Waals surface area contributed by atoms with Crippen LogP contribution in [-0.2, 0) is 0 Å². The summed E-state index contributed by atoms with van der Waals surface area (Å²) < 4.78 is 0. The predicted octanol–water partition coefficient (Wildman–Crippen LogP) is 2.07. The quantitative estimate of drug-likeness (QED) is 0.855. The van der Waals surface area contributed by atoms with Gasteiger partial charge in [-0.05, 0) is 18.1 Å². The van der Waals surface area contributed by atoms with Gasteiger partial charge in [0.15, 0.2) is 0 Å². The van der Waals surface area contributed by atoms with Crippen molar-refractivity contribution < 1.29 is 0 Å². The lowest BCUT2D eigenvalue weighted by atomic mass is 10.0. The van der Waals surface area contributed by atoms with Gasteiger partial charge in [0.1, 0.15) is 5.84 Å². The van der Waals surface area contributed by atoms with Crippen LogP contribution >= 0.6 is 24.0 Å². The summed E-state index contributed by atoms with van der Waals surface area (Å²) in [4.78, 5) is 4.30. The minimum atomic E-state index is -0.236. The molecule has 1 aromatic carbocycles. The van der Waals surface area contributed by atoms with Crippen LogP contribution in [0.4, 0.5) is 0 Å². The molecule has 0 spiro atoms. The molecule has 0 bridgehead atoms. The van der Waals surface area contributed by atoms with E-state index in [0.717, 1.165) is 35.1 Å². The summed E-state index contributed by atoms with van der Waals surface area (Å²) in [5, 5.41) is 3.91. The van der Waals surface area contributed by atoms with Crippen LogP contribution < -0.4 is 11.1 Å². The molecule has 0 radical (unpaired) electrons. The van der Waals surface area contributed by atoms with E-state index in [-0.39, 0.29) is 18.4 Å². The number of benzene rings is 1. The maximum Gasteiger partial charge on any atom is 0.118 e. The second-order valence-corrected chi connectivity index (χ2v) is 4.03. The number of amidine groups is 1. The topological polar surface area (TPSA) is 50.4 Å². The van der Waals surface area contributed by atoms with Crippen molar-refractivity contribution in [2.75, 3.05) is 13.1 Å². The van der Waals surface area contributed by atoms with Crippen molar-refractivity contribution in [2.24, 2.45) is 10.7 Å². The van der Waals surface area contributed by atoms with E-state index in [1.54, 1.807) is 0 Å². The highest BCUT2D eigenvalue weighted by molar-refractivity contribution is 6.32. The Morgan fingerprint density at radius 1 is 1.50 bits per heavy atom. The maximum atomic E-state index is 6.20. The Morgan fingerprint density at radius 2 is 2.25 bits per heavy atom. The third kappa shape index (κ3) is 2.48. The molecule has 0 amide bonds. The van der Waals surface area contributed by atoms with Gasteiger partial charge in [-0.1, -0.05) is 29.8 Å². The van der Waals surface area contributed by atoms with Crippen molar-refractivity contribution >= 4 is 29.8 Å². The highest BCUT2D eigenvalue weighted by atomic mass is 35.5. The molecule has 3 nitrogen and oxygen atoms in total. The monoisotopic (exact) mass is 259 g/mol. The molecule has 0 saturated carbocycles. The van der Waals surface area contributed by atoms with Crippen molar-refractivity contribution in [3.05, 3.63) is 34.3 Å². The first-order chi connectivity index (χ1) is 7.20. The number of nitrogens with zero attached hydrogens (tertiary/aromatic N) is 1. The zero-order chi connectivity index (χ0) is 10.8. The van der Waals surface area contributed by atoms with E-state index in [2.05, 4.69) is 10.3 Å². The lowest BCUT2D eigenvalue weighted by molar-refractivity contribution is 0.892. The van der Waals surface area contributed by atoms with Gasteiger partial charge >= 0.3 is 0 Å². The van der Waals surface area contributed by atoms with Crippen molar-refractivity contribution in [3.8, 4) is 0 Å². The SMILES string of the molecule is Cc1cccc(C(N)C2=NCCN2)c1Cl.Cl. The third-order valence-electron chi connectivity index (χ3n) is 2.55. The van der Waals surface area contributed by atoms with Crippen molar-refractivity contribution in [2.45, 2.75) is 13.0 Å². The normalized spacial score (nSPS) is 16.1. The molecule has 1 aliphatic rings. The van der Waals surface area contributed by atoms with Crippen LogP contribution in [0.2, 0.25) is 5.02 Å². The molecule has 0 aromatic heterocycles. The molecule has 1 unspecified atom stereocenters. The first-order valence-corrected chi connectivity index (χ1v) is 5.37. The first kappa shape index (κ1) is 13.3. The predicted molar refractivity (Wildman–Crippen MR) is 70.7 cm³/mol. The molecule has 1 aromatic rings. The molecule has 0 fully saturated rings. The summed E-state index contributed by atoms with van der Waals surface area (Å²) in [6.07, 6.45) is 0. The van der Waals surface area contributed by atoms with Gasteiger partial charge in [0.2, 0.25) is 0 Å². The molecule has 1 atom stereocenters. The molecular weight excluding hydrogens is 245 g/mol. The fourth-order valence-electron chi connectivity index (χ4n) is 1.68. The highest BCUT2D eigenvalue weighted by Gasteiger charge is 2.19. The summed E-state index contributed by atoms with van der Waals surface area (Å²) in [6.45, 7) is 3.64. The van der Waals surface area contributed by atoms with E-state index >= 15 is 0 Å². The number of hydrogen-bond acceptors (Lipinski definition) is 3.